The van der Waals surface area contributed by atoms with Crippen LogP contribution in [0.4, 0.5) is 5.82 Å². The molecule has 6 rings (SSSR count). The molecule has 1 aliphatic heterocycles. The number of carbonyl (C=O) groups excluding carboxylic acids is 1. The van der Waals surface area contributed by atoms with Gasteiger partial charge in [0.05, 0.1) is 11.5 Å². The van der Waals surface area contributed by atoms with E-state index in [1.54, 1.807) is 0 Å². The van der Waals surface area contributed by atoms with Crippen molar-refractivity contribution in [3.8, 4) is 0 Å². The van der Waals surface area contributed by atoms with E-state index in [1.807, 2.05) is 6.20 Å². The van der Waals surface area contributed by atoms with E-state index < -0.39 is 0 Å². The van der Waals surface area contributed by atoms with Gasteiger partial charge in [-0.1, -0.05) is 6.07 Å². The molecular weight excluding hydrogens is 338 g/mol. The largest absolute Gasteiger partial charge is 0.393 e. The molecule has 2 unspecified atom stereocenters. The molecule has 1 aromatic heterocycles. The van der Waals surface area contributed by atoms with E-state index in [0.717, 1.165) is 63.9 Å². The summed E-state index contributed by atoms with van der Waals surface area (Å²) in [6.07, 6.45) is 8.95. The number of aliphatic hydroxyl groups excluding tert-OH is 1. The molecule has 2 heterocycles. The number of nitrogens with one attached hydrogen (secondary N) is 1. The highest BCUT2D eigenvalue weighted by Gasteiger charge is 2.58. The maximum atomic E-state index is 13.3. The molecule has 0 radical (unpaired) electrons. The molecule has 1 amide bonds. The summed E-state index contributed by atoms with van der Waals surface area (Å²) in [7, 11) is 0. The second kappa shape index (κ2) is 6.47. The van der Waals surface area contributed by atoms with Gasteiger partial charge in [-0.15, -0.1) is 0 Å². The fraction of sp³-hybridized carbons (Fsp3) is 0.727. The van der Waals surface area contributed by atoms with Crippen molar-refractivity contribution in [3.63, 3.8) is 0 Å². The summed E-state index contributed by atoms with van der Waals surface area (Å²) in [6, 6.07) is 4.39. The normalized spacial score (nSPS) is 40.2. The maximum absolute atomic E-state index is 13.3. The van der Waals surface area contributed by atoms with Crippen molar-refractivity contribution >= 4 is 11.7 Å². The Kier molecular flexibility index (Phi) is 4.19. The Morgan fingerprint density at radius 3 is 2.74 bits per heavy atom. The number of rotatable bonds is 3. The summed E-state index contributed by atoms with van der Waals surface area (Å²) in [5.74, 6) is 2.62. The van der Waals surface area contributed by atoms with Gasteiger partial charge in [0.25, 0.3) is 0 Å². The molecule has 5 heteroatoms. The van der Waals surface area contributed by atoms with Gasteiger partial charge in [-0.3, -0.25) is 4.79 Å². The first kappa shape index (κ1) is 17.5. The zero-order valence-electron chi connectivity index (χ0n) is 16.2. The molecule has 1 aromatic rings. The Bertz CT molecular complexity index is 703. The molecule has 2 N–H and O–H groups in total. The lowest BCUT2D eigenvalue weighted by atomic mass is 9.48. The quantitative estimate of drug-likeness (QED) is 0.860. The molecule has 5 fully saturated rings. The average molecular weight is 370 g/mol. The van der Waals surface area contributed by atoms with Gasteiger partial charge >= 0.3 is 0 Å². The van der Waals surface area contributed by atoms with Crippen molar-refractivity contribution in [3.05, 3.63) is 23.9 Å². The van der Waals surface area contributed by atoms with E-state index in [-0.39, 0.29) is 23.5 Å². The van der Waals surface area contributed by atoms with Crippen LogP contribution in [-0.4, -0.2) is 41.2 Å². The van der Waals surface area contributed by atoms with Gasteiger partial charge in [-0.05, 0) is 81.3 Å². The van der Waals surface area contributed by atoms with E-state index in [9.17, 15) is 9.90 Å². The molecule has 0 aromatic carbocycles. The van der Waals surface area contributed by atoms with Crippen molar-refractivity contribution < 1.29 is 9.90 Å². The van der Waals surface area contributed by atoms with Gasteiger partial charge in [0.15, 0.2) is 0 Å². The van der Waals surface area contributed by atoms with Crippen LogP contribution in [0.2, 0.25) is 0 Å². The topological polar surface area (TPSA) is 65.5 Å². The van der Waals surface area contributed by atoms with E-state index in [2.05, 4.69) is 34.3 Å². The van der Waals surface area contributed by atoms with Crippen molar-refractivity contribution in [1.82, 2.24) is 10.3 Å². The molecule has 4 aliphatic carbocycles. The molecule has 27 heavy (non-hydrogen) atoms. The molecular formula is C22H31N3O2. The van der Waals surface area contributed by atoms with E-state index in [4.69, 9.17) is 0 Å². The number of pyridine rings is 1. The number of nitrogens with zero attached hydrogens (tertiary/aromatic N) is 2. The van der Waals surface area contributed by atoms with Crippen LogP contribution in [-0.2, 0) is 4.79 Å². The molecule has 146 valence electrons. The zero-order valence-corrected chi connectivity index (χ0v) is 16.2. The highest BCUT2D eigenvalue weighted by atomic mass is 16.3. The number of aliphatic hydroxyl groups is 1. The van der Waals surface area contributed by atoms with Crippen LogP contribution >= 0.6 is 0 Å². The zero-order chi connectivity index (χ0) is 18.6. The molecule has 4 saturated carbocycles. The van der Waals surface area contributed by atoms with Crippen LogP contribution in [0.15, 0.2) is 18.3 Å². The summed E-state index contributed by atoms with van der Waals surface area (Å²) < 4.78 is 0. The Labute approximate surface area is 161 Å². The minimum atomic E-state index is -0.208. The van der Waals surface area contributed by atoms with Crippen LogP contribution in [0.5, 0.6) is 0 Å². The lowest BCUT2D eigenvalue weighted by molar-refractivity contribution is -0.163. The molecule has 1 saturated heterocycles. The monoisotopic (exact) mass is 369 g/mol. The number of aromatic nitrogens is 1. The highest BCUT2D eigenvalue weighted by molar-refractivity contribution is 5.83. The Balaban J connectivity index is 1.26. The van der Waals surface area contributed by atoms with Crippen molar-refractivity contribution in [2.75, 3.05) is 18.0 Å². The summed E-state index contributed by atoms with van der Waals surface area (Å²) in [4.78, 5) is 20.2. The molecule has 4 bridgehead atoms. The first-order chi connectivity index (χ1) is 13.0. The van der Waals surface area contributed by atoms with Crippen LogP contribution in [0.1, 0.15) is 50.5 Å². The van der Waals surface area contributed by atoms with Gasteiger partial charge in [0, 0.05) is 25.3 Å². The second-order valence-electron chi connectivity index (χ2n) is 9.69. The predicted molar refractivity (Wildman–Crippen MR) is 104 cm³/mol. The minimum absolute atomic E-state index is 0.166. The summed E-state index contributed by atoms with van der Waals surface area (Å²) in [6.45, 7) is 3.90. The Morgan fingerprint density at radius 2 is 2.04 bits per heavy atom. The second-order valence-corrected chi connectivity index (χ2v) is 9.69. The fourth-order valence-electron chi connectivity index (χ4n) is 6.56. The molecule has 5 aliphatic rings. The number of hydrogen-bond donors (Lipinski definition) is 2. The fourth-order valence-corrected chi connectivity index (χ4v) is 6.56. The van der Waals surface area contributed by atoms with Gasteiger partial charge in [-0.2, -0.15) is 0 Å². The highest BCUT2D eigenvalue weighted by Crippen LogP contribution is 2.60. The third-order valence-corrected chi connectivity index (χ3v) is 7.68. The van der Waals surface area contributed by atoms with Crippen molar-refractivity contribution in [1.29, 1.82) is 0 Å². The molecule has 3 atom stereocenters. The third-order valence-electron chi connectivity index (χ3n) is 7.68. The van der Waals surface area contributed by atoms with Gasteiger partial charge in [-0.25, -0.2) is 4.98 Å². The predicted octanol–water partition coefficient (Wildman–Crippen LogP) is 2.66. The number of aryl methyl sites for hydroxylation is 1. The average Bonchev–Trinajstić information content (AvgIpc) is 2.66. The number of hydrogen-bond acceptors (Lipinski definition) is 4. The van der Waals surface area contributed by atoms with Gasteiger partial charge in [0.1, 0.15) is 5.82 Å². The SMILES string of the molecule is Cc1ccc(N2CCC[C@H](NC(=O)C34CC5CC(C3)C(O)C(C5)C4)C2)nc1. The number of anilines is 1. The first-order valence-corrected chi connectivity index (χ1v) is 10.7. The summed E-state index contributed by atoms with van der Waals surface area (Å²) >= 11 is 0. The standard InChI is InChI=1S/C22H31N3O2/c1-14-4-5-19(23-12-14)25-6-2-3-18(13-25)24-21(27)22-9-15-7-16(10-22)20(26)17(8-15)11-22/h4-5,12,15-18,20,26H,2-3,6-11,13H2,1H3,(H,24,27)/t15?,16?,17?,18-,20?,22?/m0/s1. The molecule has 5 nitrogen and oxygen atoms in total. The van der Waals surface area contributed by atoms with Crippen molar-refractivity contribution in [2.24, 2.45) is 23.2 Å². The lowest BCUT2D eigenvalue weighted by Gasteiger charge is -2.58. The number of carbonyl (C=O) groups is 1. The first-order valence-electron chi connectivity index (χ1n) is 10.7. The Hall–Kier alpha value is -1.62. The summed E-state index contributed by atoms with van der Waals surface area (Å²) in [5.41, 5.74) is 0.963. The Morgan fingerprint density at radius 1 is 1.26 bits per heavy atom. The van der Waals surface area contributed by atoms with Gasteiger partial charge in [0.2, 0.25) is 5.91 Å². The van der Waals surface area contributed by atoms with Gasteiger partial charge < -0.3 is 15.3 Å². The van der Waals surface area contributed by atoms with Crippen molar-refractivity contribution in [2.45, 2.75) is 64.0 Å². The third kappa shape index (κ3) is 3.04. The number of amides is 1. The van der Waals surface area contributed by atoms with Crippen LogP contribution in [0.25, 0.3) is 0 Å². The smallest absolute Gasteiger partial charge is 0.226 e. The number of piperidine rings is 1. The maximum Gasteiger partial charge on any atom is 0.226 e. The van der Waals surface area contributed by atoms with E-state index in [0.29, 0.717) is 17.8 Å². The van der Waals surface area contributed by atoms with E-state index >= 15 is 0 Å². The summed E-state index contributed by atoms with van der Waals surface area (Å²) in [5, 5.41) is 13.9. The molecule has 0 spiro atoms. The lowest BCUT2D eigenvalue weighted by Crippen LogP contribution is -2.60. The van der Waals surface area contributed by atoms with E-state index in [1.165, 1.54) is 5.56 Å². The van der Waals surface area contributed by atoms with Crippen LogP contribution < -0.4 is 10.2 Å². The van der Waals surface area contributed by atoms with Crippen LogP contribution in [0.3, 0.4) is 0 Å². The van der Waals surface area contributed by atoms with Crippen LogP contribution in [0, 0.1) is 30.1 Å². The minimum Gasteiger partial charge on any atom is -0.393 e.